The highest BCUT2D eigenvalue weighted by molar-refractivity contribution is 7.80. The Hall–Kier alpha value is -0.540. The summed E-state index contributed by atoms with van der Waals surface area (Å²) in [6, 6.07) is 0. The minimum Gasteiger partial charge on any atom is -0.226 e. The molecule has 0 aliphatic carbocycles. The summed E-state index contributed by atoms with van der Waals surface area (Å²) in [7, 11) is 0. The fraction of sp³-hybridized carbons (Fsp3) is 0.250. The third-order valence-electron chi connectivity index (χ3n) is 1.25. The maximum Gasteiger partial charge on any atom is 0.222 e. The van der Waals surface area contributed by atoms with Crippen molar-refractivity contribution >= 4 is 30.3 Å². The Bertz CT molecular complexity index is 258. The van der Waals surface area contributed by atoms with Crippen LogP contribution in [-0.2, 0) is 0 Å². The van der Waals surface area contributed by atoms with Crippen LogP contribution in [-0.4, -0.2) is 15.7 Å². The first-order valence-electron chi connectivity index (χ1n) is 3.58. The lowest BCUT2D eigenvalue weighted by atomic mass is 10.3. The van der Waals surface area contributed by atoms with Gasteiger partial charge in [-0.2, -0.15) is 12.6 Å². The molecule has 0 amide bonds. The van der Waals surface area contributed by atoms with Crippen LogP contribution < -0.4 is 0 Å². The zero-order valence-corrected chi connectivity index (χ0v) is 8.09. The molecule has 0 saturated carbocycles. The Morgan fingerprint density at radius 3 is 2.67 bits per heavy atom. The van der Waals surface area contributed by atoms with Gasteiger partial charge in [0.2, 0.25) is 5.28 Å². The van der Waals surface area contributed by atoms with Gasteiger partial charge >= 0.3 is 0 Å². The molecule has 0 aliphatic rings. The van der Waals surface area contributed by atoms with E-state index in [2.05, 4.69) is 22.6 Å². The summed E-state index contributed by atoms with van der Waals surface area (Å²) in [6.45, 7) is 0. The summed E-state index contributed by atoms with van der Waals surface area (Å²) in [4.78, 5) is 7.68. The van der Waals surface area contributed by atoms with Crippen molar-refractivity contribution in [3.05, 3.63) is 29.3 Å². The van der Waals surface area contributed by atoms with Crippen molar-refractivity contribution in [1.82, 2.24) is 9.97 Å². The molecule has 0 fully saturated rings. The van der Waals surface area contributed by atoms with Gasteiger partial charge < -0.3 is 0 Å². The summed E-state index contributed by atoms with van der Waals surface area (Å²) in [5, 5.41) is 0.279. The Balaban J connectivity index is 2.58. The average Bonchev–Trinajstić information content (AvgIpc) is 2.09. The van der Waals surface area contributed by atoms with Crippen LogP contribution in [0, 0.1) is 0 Å². The summed E-state index contributed by atoms with van der Waals surface area (Å²) in [5.41, 5.74) is 0.959. The summed E-state index contributed by atoms with van der Waals surface area (Å²) >= 11 is 9.59. The van der Waals surface area contributed by atoms with Crippen molar-refractivity contribution in [1.29, 1.82) is 0 Å². The van der Waals surface area contributed by atoms with Crippen LogP contribution in [0.4, 0.5) is 0 Å². The molecule has 0 aromatic carbocycles. The van der Waals surface area contributed by atoms with E-state index in [1.807, 2.05) is 12.2 Å². The van der Waals surface area contributed by atoms with Crippen molar-refractivity contribution in [2.75, 3.05) is 5.75 Å². The first-order valence-corrected chi connectivity index (χ1v) is 4.59. The molecule has 12 heavy (non-hydrogen) atoms. The molecule has 1 rings (SSSR count). The number of aromatic nitrogens is 2. The predicted molar refractivity (Wildman–Crippen MR) is 54.5 cm³/mol. The SMILES string of the molecule is SCCC=Cc1cnc(Cl)nc1. The van der Waals surface area contributed by atoms with Gasteiger partial charge in [-0.05, 0) is 23.8 Å². The van der Waals surface area contributed by atoms with Gasteiger partial charge in [0.05, 0.1) is 0 Å². The van der Waals surface area contributed by atoms with E-state index in [0.717, 1.165) is 17.7 Å². The maximum absolute atomic E-state index is 5.51. The highest BCUT2D eigenvalue weighted by atomic mass is 35.5. The number of hydrogen-bond donors (Lipinski definition) is 1. The second kappa shape index (κ2) is 5.17. The minimum absolute atomic E-state index is 0.279. The molecule has 0 saturated heterocycles. The molecular formula is C8H9ClN2S. The molecule has 0 spiro atoms. The van der Waals surface area contributed by atoms with Gasteiger partial charge in [0, 0.05) is 18.0 Å². The zero-order chi connectivity index (χ0) is 8.81. The molecule has 64 valence electrons. The van der Waals surface area contributed by atoms with Crippen LogP contribution in [0.5, 0.6) is 0 Å². The van der Waals surface area contributed by atoms with Crippen LogP contribution in [0.1, 0.15) is 12.0 Å². The second-order valence-electron chi connectivity index (χ2n) is 2.20. The van der Waals surface area contributed by atoms with Crippen molar-refractivity contribution in [2.24, 2.45) is 0 Å². The molecular weight excluding hydrogens is 192 g/mol. The summed E-state index contributed by atoms with van der Waals surface area (Å²) < 4.78 is 0. The lowest BCUT2D eigenvalue weighted by molar-refractivity contribution is 1.16. The second-order valence-corrected chi connectivity index (χ2v) is 2.99. The van der Waals surface area contributed by atoms with Crippen LogP contribution >= 0.6 is 24.2 Å². The van der Waals surface area contributed by atoms with E-state index in [4.69, 9.17) is 11.6 Å². The van der Waals surface area contributed by atoms with Gasteiger partial charge in [-0.15, -0.1) is 0 Å². The summed E-state index contributed by atoms with van der Waals surface area (Å²) in [5.74, 6) is 0.852. The molecule has 4 heteroatoms. The molecule has 0 atom stereocenters. The monoisotopic (exact) mass is 200 g/mol. The number of halogens is 1. The fourth-order valence-electron chi connectivity index (χ4n) is 0.702. The topological polar surface area (TPSA) is 25.8 Å². The van der Waals surface area contributed by atoms with E-state index in [0.29, 0.717) is 0 Å². The number of hydrogen-bond acceptors (Lipinski definition) is 3. The highest BCUT2D eigenvalue weighted by Crippen LogP contribution is 2.03. The Morgan fingerprint density at radius 1 is 1.42 bits per heavy atom. The molecule has 1 aromatic rings. The van der Waals surface area contributed by atoms with E-state index < -0.39 is 0 Å². The van der Waals surface area contributed by atoms with Crippen LogP contribution in [0.25, 0.3) is 6.08 Å². The Morgan fingerprint density at radius 2 is 2.08 bits per heavy atom. The van der Waals surface area contributed by atoms with Crippen molar-refractivity contribution in [3.8, 4) is 0 Å². The fourth-order valence-corrected chi connectivity index (χ4v) is 0.949. The van der Waals surface area contributed by atoms with Gasteiger partial charge in [0.15, 0.2) is 0 Å². The first kappa shape index (κ1) is 9.55. The van der Waals surface area contributed by atoms with Crippen LogP contribution in [0.3, 0.4) is 0 Å². The lowest BCUT2D eigenvalue weighted by Crippen LogP contribution is -1.81. The predicted octanol–water partition coefficient (Wildman–Crippen LogP) is 2.46. The molecule has 0 aliphatic heterocycles. The van der Waals surface area contributed by atoms with Gasteiger partial charge in [0.1, 0.15) is 0 Å². The standard InChI is InChI=1S/C8H9ClN2S/c9-8-10-5-7(6-11-8)3-1-2-4-12/h1,3,5-6,12H,2,4H2. The normalized spacial score (nSPS) is 10.8. The van der Waals surface area contributed by atoms with E-state index >= 15 is 0 Å². The van der Waals surface area contributed by atoms with Crippen molar-refractivity contribution in [2.45, 2.75) is 6.42 Å². The molecule has 0 N–H and O–H groups in total. The number of allylic oxidation sites excluding steroid dienone is 1. The maximum atomic E-state index is 5.51. The average molecular weight is 201 g/mol. The Labute approximate surface area is 82.1 Å². The van der Waals surface area contributed by atoms with Crippen LogP contribution in [0.2, 0.25) is 5.28 Å². The van der Waals surface area contributed by atoms with E-state index in [-0.39, 0.29) is 5.28 Å². The minimum atomic E-state index is 0.279. The molecule has 0 radical (unpaired) electrons. The number of rotatable bonds is 3. The first-order chi connectivity index (χ1) is 5.83. The number of thiol groups is 1. The van der Waals surface area contributed by atoms with Gasteiger partial charge in [-0.25, -0.2) is 9.97 Å². The number of nitrogens with zero attached hydrogens (tertiary/aromatic N) is 2. The lowest BCUT2D eigenvalue weighted by Gasteiger charge is -1.90. The van der Waals surface area contributed by atoms with E-state index in [1.165, 1.54) is 0 Å². The van der Waals surface area contributed by atoms with E-state index in [9.17, 15) is 0 Å². The third-order valence-corrected chi connectivity index (χ3v) is 1.70. The zero-order valence-electron chi connectivity index (χ0n) is 6.44. The quantitative estimate of drug-likeness (QED) is 0.599. The van der Waals surface area contributed by atoms with Gasteiger partial charge in [0.25, 0.3) is 0 Å². The summed E-state index contributed by atoms with van der Waals surface area (Å²) in [6.07, 6.45) is 8.30. The van der Waals surface area contributed by atoms with Crippen molar-refractivity contribution in [3.63, 3.8) is 0 Å². The Kier molecular flexibility index (Phi) is 4.11. The van der Waals surface area contributed by atoms with Gasteiger partial charge in [-0.1, -0.05) is 12.2 Å². The van der Waals surface area contributed by atoms with Crippen molar-refractivity contribution < 1.29 is 0 Å². The molecule has 0 bridgehead atoms. The smallest absolute Gasteiger partial charge is 0.222 e. The third kappa shape index (κ3) is 3.24. The highest BCUT2D eigenvalue weighted by Gasteiger charge is 1.88. The van der Waals surface area contributed by atoms with Gasteiger partial charge in [-0.3, -0.25) is 0 Å². The molecule has 0 unspecified atom stereocenters. The van der Waals surface area contributed by atoms with Crippen LogP contribution in [0.15, 0.2) is 18.5 Å². The largest absolute Gasteiger partial charge is 0.226 e. The molecule has 1 heterocycles. The molecule has 2 nitrogen and oxygen atoms in total. The van der Waals surface area contributed by atoms with E-state index in [1.54, 1.807) is 12.4 Å². The molecule has 1 aromatic heterocycles.